The Hall–Kier alpha value is -4.33. The van der Waals surface area contributed by atoms with Crippen molar-refractivity contribution in [3.05, 3.63) is 78.4 Å². The monoisotopic (exact) mass is 487 g/mol. The van der Waals surface area contributed by atoms with E-state index < -0.39 is 12.0 Å². The van der Waals surface area contributed by atoms with Gasteiger partial charge in [0.25, 0.3) is 0 Å². The number of methoxy groups -OCH3 is 2. The number of nitrogens with zero attached hydrogens (tertiary/aromatic N) is 1. The number of amides is 3. The van der Waals surface area contributed by atoms with E-state index in [9.17, 15) is 14.4 Å². The van der Waals surface area contributed by atoms with Crippen molar-refractivity contribution in [2.45, 2.75) is 25.8 Å². The molecule has 2 atom stereocenters. The second-order valence-electron chi connectivity index (χ2n) is 8.54. The topological polar surface area (TPSA) is 97.0 Å². The normalized spacial score (nSPS) is 17.3. The van der Waals surface area contributed by atoms with E-state index in [-0.39, 0.29) is 24.1 Å². The van der Waals surface area contributed by atoms with Crippen molar-refractivity contribution in [1.82, 2.24) is 0 Å². The summed E-state index contributed by atoms with van der Waals surface area (Å²) in [6.07, 6.45) is 0.626. The van der Waals surface area contributed by atoms with Crippen molar-refractivity contribution in [1.29, 1.82) is 0 Å². The summed E-state index contributed by atoms with van der Waals surface area (Å²) in [5.41, 5.74) is 2.67. The molecule has 8 heteroatoms. The minimum Gasteiger partial charge on any atom is -0.497 e. The van der Waals surface area contributed by atoms with E-state index in [0.29, 0.717) is 35.0 Å². The third-order valence-corrected chi connectivity index (χ3v) is 6.21. The lowest BCUT2D eigenvalue weighted by molar-refractivity contribution is -0.126. The van der Waals surface area contributed by atoms with Crippen molar-refractivity contribution in [2.75, 3.05) is 29.8 Å². The van der Waals surface area contributed by atoms with Gasteiger partial charge < -0.3 is 25.0 Å². The molecule has 0 spiro atoms. The lowest BCUT2D eigenvalue weighted by Crippen LogP contribution is -2.47. The highest BCUT2D eigenvalue weighted by Gasteiger charge is 2.42. The first-order chi connectivity index (χ1) is 17.4. The highest BCUT2D eigenvalue weighted by molar-refractivity contribution is 6.00. The Labute approximate surface area is 210 Å². The molecule has 1 aliphatic rings. The zero-order valence-corrected chi connectivity index (χ0v) is 20.5. The van der Waals surface area contributed by atoms with Crippen LogP contribution in [0.2, 0.25) is 0 Å². The average molecular weight is 488 g/mol. The summed E-state index contributed by atoms with van der Waals surface area (Å²) in [4.78, 5) is 39.9. The molecule has 0 aromatic heterocycles. The molecule has 3 amide bonds. The summed E-state index contributed by atoms with van der Waals surface area (Å²) in [5, 5.41) is 5.69. The number of hydrogen-bond acceptors (Lipinski definition) is 5. The van der Waals surface area contributed by atoms with Gasteiger partial charge in [0, 0.05) is 36.0 Å². The molecule has 1 aliphatic heterocycles. The zero-order chi connectivity index (χ0) is 25.7. The lowest BCUT2D eigenvalue weighted by Gasteiger charge is -2.41. The van der Waals surface area contributed by atoms with Crippen molar-refractivity contribution in [3.63, 3.8) is 0 Å². The van der Waals surface area contributed by atoms with Gasteiger partial charge in [0.2, 0.25) is 17.7 Å². The van der Waals surface area contributed by atoms with Gasteiger partial charge in [0.15, 0.2) is 0 Å². The molecule has 2 N–H and O–H groups in total. The van der Waals surface area contributed by atoms with E-state index in [1.54, 1.807) is 55.5 Å². The Bertz CT molecular complexity index is 1240. The van der Waals surface area contributed by atoms with Gasteiger partial charge in [-0.1, -0.05) is 18.2 Å². The van der Waals surface area contributed by atoms with Gasteiger partial charge >= 0.3 is 0 Å². The second kappa shape index (κ2) is 10.9. The quantitative estimate of drug-likeness (QED) is 0.500. The first kappa shape index (κ1) is 24.8. The van der Waals surface area contributed by atoms with Crippen LogP contribution in [-0.4, -0.2) is 31.9 Å². The molecule has 3 aromatic carbocycles. The molecular formula is C28H29N3O5. The fourth-order valence-corrected chi connectivity index (χ4v) is 4.56. The SMILES string of the molecule is COc1ccc(N2C(=O)CCC(C(=O)Nc3ccc(NC(C)=O)cc3)C2c2ccccc2OC)cc1. The predicted molar refractivity (Wildman–Crippen MR) is 138 cm³/mol. The Morgan fingerprint density at radius 2 is 1.50 bits per heavy atom. The van der Waals surface area contributed by atoms with Crippen LogP contribution < -0.4 is 25.0 Å². The highest BCUT2D eigenvalue weighted by Crippen LogP contribution is 2.43. The summed E-state index contributed by atoms with van der Waals surface area (Å²) >= 11 is 0. The van der Waals surface area contributed by atoms with Crippen molar-refractivity contribution in [2.24, 2.45) is 5.92 Å². The largest absolute Gasteiger partial charge is 0.497 e. The second-order valence-corrected chi connectivity index (χ2v) is 8.54. The Balaban J connectivity index is 1.70. The first-order valence-electron chi connectivity index (χ1n) is 11.7. The summed E-state index contributed by atoms with van der Waals surface area (Å²) in [6.45, 7) is 1.44. The molecule has 36 heavy (non-hydrogen) atoms. The summed E-state index contributed by atoms with van der Waals surface area (Å²) < 4.78 is 10.9. The van der Waals surface area contributed by atoms with Gasteiger partial charge in [0.05, 0.1) is 26.2 Å². The molecule has 186 valence electrons. The molecule has 2 unspecified atom stereocenters. The number of ether oxygens (including phenoxy) is 2. The van der Waals surface area contributed by atoms with Crippen LogP contribution in [0.25, 0.3) is 0 Å². The maximum Gasteiger partial charge on any atom is 0.229 e. The van der Waals surface area contributed by atoms with Crippen LogP contribution in [0.5, 0.6) is 11.5 Å². The van der Waals surface area contributed by atoms with E-state index in [0.717, 1.165) is 5.56 Å². The van der Waals surface area contributed by atoms with Crippen molar-refractivity contribution in [3.8, 4) is 11.5 Å². The lowest BCUT2D eigenvalue weighted by atomic mass is 9.82. The first-order valence-corrected chi connectivity index (χ1v) is 11.7. The number of hydrogen-bond donors (Lipinski definition) is 2. The number of carbonyl (C=O) groups is 3. The molecule has 1 heterocycles. The Morgan fingerprint density at radius 1 is 0.861 bits per heavy atom. The summed E-state index contributed by atoms with van der Waals surface area (Å²) in [7, 11) is 3.16. The van der Waals surface area contributed by atoms with Gasteiger partial charge in [-0.3, -0.25) is 14.4 Å². The molecular weight excluding hydrogens is 458 g/mol. The third-order valence-electron chi connectivity index (χ3n) is 6.21. The van der Waals surface area contributed by atoms with Crippen LogP contribution in [0, 0.1) is 5.92 Å². The number of carbonyl (C=O) groups excluding carboxylic acids is 3. The summed E-state index contributed by atoms with van der Waals surface area (Å²) in [5.74, 6) is 0.305. The number of rotatable bonds is 7. The molecule has 1 saturated heterocycles. The number of piperidine rings is 1. The molecule has 0 aliphatic carbocycles. The minimum atomic E-state index is -0.575. The average Bonchev–Trinajstić information content (AvgIpc) is 2.89. The van der Waals surface area contributed by atoms with Crippen LogP contribution in [0.15, 0.2) is 72.8 Å². The number of nitrogens with one attached hydrogen (secondary N) is 2. The smallest absolute Gasteiger partial charge is 0.229 e. The molecule has 4 rings (SSSR count). The number of benzene rings is 3. The van der Waals surface area contributed by atoms with Crippen LogP contribution in [0.3, 0.4) is 0 Å². The van der Waals surface area contributed by atoms with Crippen LogP contribution >= 0.6 is 0 Å². The predicted octanol–water partition coefficient (Wildman–Crippen LogP) is 4.79. The standard InChI is InChI=1S/C28H29N3O5/c1-18(32)29-19-8-10-20(11-9-19)30-28(34)24-16-17-26(33)31(21-12-14-22(35-2)15-13-21)27(24)23-6-4-5-7-25(23)36-3/h4-15,24,27H,16-17H2,1-3H3,(H,29,32)(H,30,34). The molecule has 0 bridgehead atoms. The van der Waals surface area contributed by atoms with Crippen molar-refractivity contribution < 1.29 is 23.9 Å². The molecule has 3 aromatic rings. The van der Waals surface area contributed by atoms with E-state index >= 15 is 0 Å². The number of para-hydroxylation sites is 1. The van der Waals surface area contributed by atoms with E-state index in [1.165, 1.54) is 6.92 Å². The maximum absolute atomic E-state index is 13.6. The van der Waals surface area contributed by atoms with Crippen LogP contribution in [0.1, 0.15) is 31.4 Å². The Kier molecular flexibility index (Phi) is 7.53. The van der Waals surface area contributed by atoms with Gasteiger partial charge in [0.1, 0.15) is 11.5 Å². The Morgan fingerprint density at radius 3 is 2.11 bits per heavy atom. The third kappa shape index (κ3) is 5.33. The van der Waals surface area contributed by atoms with Crippen molar-refractivity contribution >= 4 is 34.8 Å². The summed E-state index contributed by atoms with van der Waals surface area (Å²) in [6, 6.07) is 21.0. The fourth-order valence-electron chi connectivity index (χ4n) is 4.56. The van der Waals surface area contributed by atoms with Crippen LogP contribution in [-0.2, 0) is 14.4 Å². The molecule has 1 fully saturated rings. The maximum atomic E-state index is 13.6. The fraction of sp³-hybridized carbons (Fsp3) is 0.250. The van der Waals surface area contributed by atoms with E-state index in [1.807, 2.05) is 36.4 Å². The molecule has 8 nitrogen and oxygen atoms in total. The van der Waals surface area contributed by atoms with E-state index in [2.05, 4.69) is 10.6 Å². The van der Waals surface area contributed by atoms with Gasteiger partial charge in [-0.15, -0.1) is 0 Å². The van der Waals surface area contributed by atoms with Gasteiger partial charge in [-0.2, -0.15) is 0 Å². The molecule has 0 saturated carbocycles. The van der Waals surface area contributed by atoms with Gasteiger partial charge in [-0.25, -0.2) is 0 Å². The highest BCUT2D eigenvalue weighted by atomic mass is 16.5. The molecule has 0 radical (unpaired) electrons. The minimum absolute atomic E-state index is 0.0696. The van der Waals surface area contributed by atoms with Gasteiger partial charge in [-0.05, 0) is 61.0 Å². The zero-order valence-electron chi connectivity index (χ0n) is 20.5. The number of anilines is 3. The van der Waals surface area contributed by atoms with Crippen LogP contribution in [0.4, 0.5) is 17.1 Å². The van der Waals surface area contributed by atoms with E-state index in [4.69, 9.17) is 9.47 Å².